The fourth-order valence-electron chi connectivity index (χ4n) is 0. The summed E-state index contributed by atoms with van der Waals surface area (Å²) in [5.74, 6) is 0. The van der Waals surface area contributed by atoms with Gasteiger partial charge in [-0.25, -0.2) is 0 Å². The summed E-state index contributed by atoms with van der Waals surface area (Å²) in [5, 5.41) is 0. The van der Waals surface area contributed by atoms with Crippen molar-refractivity contribution in [1.82, 2.24) is 0 Å². The third kappa shape index (κ3) is 86.0. The Labute approximate surface area is 64.5 Å². The van der Waals surface area contributed by atoms with Gasteiger partial charge in [-0.3, -0.25) is 0 Å². The molecule has 0 rings (SSSR count). The summed E-state index contributed by atoms with van der Waals surface area (Å²) in [7, 11) is 0. The van der Waals surface area contributed by atoms with E-state index < -0.39 is 0 Å². The summed E-state index contributed by atoms with van der Waals surface area (Å²) >= 11 is 0. The normalized spacial score (nSPS) is 6.00. The fourth-order valence-corrected chi connectivity index (χ4v) is 0. The molecule has 0 aliphatic rings. The molecular weight excluding hydrogens is 148 g/mol. The van der Waals surface area contributed by atoms with Crippen LogP contribution in [0.5, 0.6) is 0 Å². The summed E-state index contributed by atoms with van der Waals surface area (Å²) in [4.78, 5) is 0. The van der Waals surface area contributed by atoms with Crippen molar-refractivity contribution in [2.45, 2.75) is 33.1 Å². The molecule has 0 bridgehead atoms. The Morgan fingerprint density at radius 2 is 1.25 bits per heavy atom. The summed E-state index contributed by atoms with van der Waals surface area (Å²) < 4.78 is 0. The minimum absolute atomic E-state index is 0. The first kappa shape index (κ1) is 15.8. The molecule has 0 N–H and O–H groups in total. The van der Waals surface area contributed by atoms with E-state index in [1.165, 1.54) is 6.42 Å². The van der Waals surface area contributed by atoms with Gasteiger partial charge in [0.15, 0.2) is 0 Å². The zero-order valence-electron chi connectivity index (χ0n) is 5.84. The van der Waals surface area contributed by atoms with E-state index in [0.29, 0.717) is 0 Å². The van der Waals surface area contributed by atoms with Gasteiger partial charge in [0.2, 0.25) is 0 Å². The minimum atomic E-state index is 0. The molecule has 0 aromatic heterocycles. The van der Waals surface area contributed by atoms with E-state index in [9.17, 15) is 0 Å². The van der Waals surface area contributed by atoms with Crippen molar-refractivity contribution in [3.05, 3.63) is 13.8 Å². The van der Waals surface area contributed by atoms with Crippen molar-refractivity contribution >= 4 is 0 Å². The molecule has 1 radical (unpaired) electrons. The maximum atomic E-state index is 3.60. The van der Waals surface area contributed by atoms with Gasteiger partial charge in [0.25, 0.3) is 0 Å². The third-order valence-electron chi connectivity index (χ3n) is 0.354. The Bertz CT molecular complexity index is 11.9. The van der Waals surface area contributed by atoms with Crippen LogP contribution in [-0.4, -0.2) is 0 Å². The van der Waals surface area contributed by atoms with E-state index in [2.05, 4.69) is 20.8 Å². The van der Waals surface area contributed by atoms with Crippen LogP contribution in [0.3, 0.4) is 0 Å². The Hall–Kier alpha value is 0.519. The SMILES string of the molecule is [CH2-]CC.[CH2-]CCC.[Cu+2]. The number of rotatable bonds is 1. The summed E-state index contributed by atoms with van der Waals surface area (Å²) in [6.07, 6.45) is 3.28. The van der Waals surface area contributed by atoms with Gasteiger partial charge in [-0.05, 0) is 0 Å². The largest absolute Gasteiger partial charge is 2.00 e. The van der Waals surface area contributed by atoms with Crippen LogP contribution in [0, 0.1) is 13.8 Å². The van der Waals surface area contributed by atoms with Crippen LogP contribution in [-0.2, 0) is 17.1 Å². The molecule has 55 valence electrons. The van der Waals surface area contributed by atoms with Crippen molar-refractivity contribution in [3.63, 3.8) is 0 Å². The summed E-state index contributed by atoms with van der Waals surface area (Å²) in [6.45, 7) is 11.2. The van der Waals surface area contributed by atoms with Gasteiger partial charge >= 0.3 is 17.1 Å². The maximum Gasteiger partial charge on any atom is 2.00 e. The topological polar surface area (TPSA) is 0 Å². The van der Waals surface area contributed by atoms with E-state index in [1.54, 1.807) is 0 Å². The van der Waals surface area contributed by atoms with Crippen molar-refractivity contribution in [1.29, 1.82) is 0 Å². The Morgan fingerprint density at radius 3 is 1.25 bits per heavy atom. The van der Waals surface area contributed by atoms with E-state index in [-0.39, 0.29) is 17.1 Å². The van der Waals surface area contributed by atoms with Crippen LogP contribution in [0.25, 0.3) is 0 Å². The van der Waals surface area contributed by atoms with Gasteiger partial charge in [-0.2, -0.15) is 12.8 Å². The van der Waals surface area contributed by atoms with E-state index >= 15 is 0 Å². The predicted octanol–water partition coefficient (Wildman–Crippen LogP) is 2.85. The van der Waals surface area contributed by atoms with Crippen molar-refractivity contribution < 1.29 is 17.1 Å². The van der Waals surface area contributed by atoms with Crippen molar-refractivity contribution in [2.75, 3.05) is 0 Å². The quantitative estimate of drug-likeness (QED) is 0.412. The molecule has 8 heavy (non-hydrogen) atoms. The zero-order valence-corrected chi connectivity index (χ0v) is 6.78. The van der Waals surface area contributed by atoms with Crippen LogP contribution in [0.2, 0.25) is 0 Å². The smallest absolute Gasteiger partial charge is 0.344 e. The average Bonchev–Trinajstić information content (AvgIpc) is 1.69. The second kappa shape index (κ2) is 25.8. The molecule has 0 nitrogen and oxygen atoms in total. The molecule has 0 saturated carbocycles. The number of hydrogen-bond donors (Lipinski definition) is 0. The van der Waals surface area contributed by atoms with Crippen LogP contribution in [0.4, 0.5) is 0 Å². The standard InChI is InChI=1S/C4H9.C3H7.Cu/c1-3-4-2;1-3-2;/h1,3-4H2,2H3;1,3H2,2H3;/q2*-1;+2. The zero-order chi connectivity index (χ0) is 6.12. The van der Waals surface area contributed by atoms with Crippen LogP contribution >= 0.6 is 0 Å². The molecule has 0 saturated heterocycles. The molecule has 0 atom stereocenters. The minimum Gasteiger partial charge on any atom is -0.344 e. The molecule has 1 heteroatoms. The van der Waals surface area contributed by atoms with Gasteiger partial charge in [-0.1, -0.05) is 20.3 Å². The number of unbranched alkanes of at least 4 members (excludes halogenated alkanes) is 1. The molecule has 0 fully saturated rings. The average molecular weight is 164 g/mol. The summed E-state index contributed by atoms with van der Waals surface area (Å²) in [5.41, 5.74) is 0. The molecule has 0 aliphatic carbocycles. The molecule has 0 aromatic rings. The van der Waals surface area contributed by atoms with Crippen LogP contribution < -0.4 is 0 Å². The maximum absolute atomic E-state index is 3.60. The Morgan fingerprint density at radius 1 is 1.12 bits per heavy atom. The molecule has 0 spiro atoms. The van der Waals surface area contributed by atoms with Gasteiger partial charge < -0.3 is 13.8 Å². The third-order valence-corrected chi connectivity index (χ3v) is 0.354. The van der Waals surface area contributed by atoms with E-state index in [0.717, 1.165) is 12.8 Å². The predicted molar refractivity (Wildman–Crippen MR) is 35.9 cm³/mol. The molecular formula is C7H16Cu. The molecule has 0 unspecified atom stereocenters. The first-order chi connectivity index (χ1) is 3.33. The Kier molecular flexibility index (Phi) is 51.0. The first-order valence-corrected chi connectivity index (χ1v) is 2.91. The summed E-state index contributed by atoms with van der Waals surface area (Å²) in [6, 6.07) is 0. The Balaban J connectivity index is -0.0000000575. The van der Waals surface area contributed by atoms with E-state index in [1.807, 2.05) is 6.92 Å². The number of hydrogen-bond acceptors (Lipinski definition) is 0. The van der Waals surface area contributed by atoms with Gasteiger partial charge in [-0.15, -0.1) is 0 Å². The van der Waals surface area contributed by atoms with Crippen LogP contribution in [0.15, 0.2) is 0 Å². The van der Waals surface area contributed by atoms with Crippen LogP contribution in [0.1, 0.15) is 33.1 Å². The monoisotopic (exact) mass is 163 g/mol. The van der Waals surface area contributed by atoms with Crippen molar-refractivity contribution in [2.24, 2.45) is 0 Å². The van der Waals surface area contributed by atoms with Crippen molar-refractivity contribution in [3.8, 4) is 0 Å². The molecule has 0 aliphatic heterocycles. The molecule has 0 amide bonds. The van der Waals surface area contributed by atoms with Gasteiger partial charge in [0, 0.05) is 0 Å². The second-order valence-electron chi connectivity index (χ2n) is 1.35. The first-order valence-electron chi connectivity index (χ1n) is 2.91. The van der Waals surface area contributed by atoms with Gasteiger partial charge in [0.05, 0.1) is 0 Å². The molecule has 0 heterocycles. The molecule has 0 aromatic carbocycles. The van der Waals surface area contributed by atoms with Gasteiger partial charge in [0.1, 0.15) is 0 Å². The van der Waals surface area contributed by atoms with E-state index in [4.69, 9.17) is 0 Å². The fraction of sp³-hybridized carbons (Fsp3) is 0.714. The second-order valence-corrected chi connectivity index (χ2v) is 1.35.